The van der Waals surface area contributed by atoms with Gasteiger partial charge in [0.1, 0.15) is 5.82 Å². The van der Waals surface area contributed by atoms with Crippen LogP contribution in [0.2, 0.25) is 0 Å². The SMILES string of the molecule is CN=C(NCCc1c[nH]c2ccc(F)cc12)NCc1ccccc1-n1ccnc1. The van der Waals surface area contributed by atoms with Gasteiger partial charge < -0.3 is 20.2 Å². The second kappa shape index (κ2) is 8.60. The molecule has 0 amide bonds. The molecule has 7 heteroatoms. The summed E-state index contributed by atoms with van der Waals surface area (Å²) in [5.41, 5.74) is 4.24. The van der Waals surface area contributed by atoms with Gasteiger partial charge in [-0.1, -0.05) is 18.2 Å². The summed E-state index contributed by atoms with van der Waals surface area (Å²) in [6.07, 6.45) is 8.17. The molecular formula is C22H23FN6. The molecule has 0 bridgehead atoms. The van der Waals surface area contributed by atoms with Gasteiger partial charge in [-0.05, 0) is 41.8 Å². The molecule has 4 aromatic rings. The van der Waals surface area contributed by atoms with Crippen LogP contribution in [0.25, 0.3) is 16.6 Å². The number of nitrogens with zero attached hydrogens (tertiary/aromatic N) is 3. The number of fused-ring (bicyclic) bond motifs is 1. The predicted octanol–water partition coefficient (Wildman–Crippen LogP) is 3.40. The highest BCUT2D eigenvalue weighted by Gasteiger charge is 2.07. The number of hydrogen-bond acceptors (Lipinski definition) is 2. The van der Waals surface area contributed by atoms with Crippen LogP contribution < -0.4 is 10.6 Å². The molecule has 2 heterocycles. The Labute approximate surface area is 168 Å². The lowest BCUT2D eigenvalue weighted by Gasteiger charge is -2.14. The molecule has 0 unspecified atom stereocenters. The Bertz CT molecular complexity index is 1110. The summed E-state index contributed by atoms with van der Waals surface area (Å²) in [5.74, 6) is 0.497. The second-order valence-corrected chi connectivity index (χ2v) is 6.71. The lowest BCUT2D eigenvalue weighted by atomic mass is 10.1. The smallest absolute Gasteiger partial charge is 0.191 e. The average molecular weight is 390 g/mol. The summed E-state index contributed by atoms with van der Waals surface area (Å²) in [4.78, 5) is 11.6. The van der Waals surface area contributed by atoms with Gasteiger partial charge in [0.05, 0.1) is 12.0 Å². The molecule has 0 radical (unpaired) electrons. The third-order valence-corrected chi connectivity index (χ3v) is 4.86. The van der Waals surface area contributed by atoms with Crippen molar-refractivity contribution in [1.29, 1.82) is 0 Å². The van der Waals surface area contributed by atoms with Crippen LogP contribution in [0.15, 0.2) is 72.4 Å². The van der Waals surface area contributed by atoms with Crippen molar-refractivity contribution in [2.45, 2.75) is 13.0 Å². The first-order valence-electron chi connectivity index (χ1n) is 9.51. The normalized spacial score (nSPS) is 11.7. The summed E-state index contributed by atoms with van der Waals surface area (Å²) in [6, 6.07) is 13.0. The van der Waals surface area contributed by atoms with Gasteiger partial charge >= 0.3 is 0 Å². The third-order valence-electron chi connectivity index (χ3n) is 4.86. The Balaban J connectivity index is 1.35. The van der Waals surface area contributed by atoms with Gasteiger partial charge in [0.25, 0.3) is 0 Å². The fourth-order valence-corrected chi connectivity index (χ4v) is 3.39. The van der Waals surface area contributed by atoms with E-state index in [4.69, 9.17) is 0 Å². The quantitative estimate of drug-likeness (QED) is 0.349. The standard InChI is InChI=1S/C22H23FN6/c1-24-22(26-9-8-16-13-27-20-7-6-18(23)12-19(16)20)28-14-17-4-2-3-5-21(17)29-11-10-25-15-29/h2-7,10-13,15,27H,8-9,14H2,1H3,(H2,24,26,28). The van der Waals surface area contributed by atoms with Gasteiger partial charge in [-0.2, -0.15) is 0 Å². The first-order chi connectivity index (χ1) is 14.2. The van der Waals surface area contributed by atoms with Crippen molar-refractivity contribution in [3.63, 3.8) is 0 Å². The summed E-state index contributed by atoms with van der Waals surface area (Å²) < 4.78 is 15.5. The number of rotatable bonds is 6. The Morgan fingerprint density at radius 1 is 1.17 bits per heavy atom. The number of nitrogens with one attached hydrogen (secondary N) is 3. The van der Waals surface area contributed by atoms with E-state index in [1.54, 1.807) is 31.7 Å². The summed E-state index contributed by atoms with van der Waals surface area (Å²) in [6.45, 7) is 1.32. The molecule has 0 fully saturated rings. The first kappa shape index (κ1) is 18.7. The summed E-state index contributed by atoms with van der Waals surface area (Å²) in [7, 11) is 1.75. The number of guanidine groups is 1. The zero-order chi connectivity index (χ0) is 20.1. The Kier molecular flexibility index (Phi) is 5.56. The van der Waals surface area contributed by atoms with Crippen LogP contribution >= 0.6 is 0 Å². The van der Waals surface area contributed by atoms with Crippen LogP contribution in [0, 0.1) is 5.82 Å². The van der Waals surface area contributed by atoms with E-state index in [1.165, 1.54) is 6.07 Å². The highest BCUT2D eigenvalue weighted by atomic mass is 19.1. The van der Waals surface area contributed by atoms with Crippen LogP contribution in [0.1, 0.15) is 11.1 Å². The second-order valence-electron chi connectivity index (χ2n) is 6.71. The molecular weight excluding hydrogens is 367 g/mol. The van der Waals surface area contributed by atoms with Gasteiger partial charge in [-0.3, -0.25) is 4.99 Å². The third kappa shape index (κ3) is 4.29. The number of H-pyrrole nitrogens is 1. The van der Waals surface area contributed by atoms with Crippen LogP contribution in [0.5, 0.6) is 0 Å². The lowest BCUT2D eigenvalue weighted by Crippen LogP contribution is -2.38. The predicted molar refractivity (Wildman–Crippen MR) is 114 cm³/mol. The van der Waals surface area contributed by atoms with Gasteiger partial charge in [0, 0.05) is 49.6 Å². The average Bonchev–Trinajstić information content (AvgIpc) is 3.41. The highest BCUT2D eigenvalue weighted by molar-refractivity contribution is 5.83. The van der Waals surface area contributed by atoms with Gasteiger partial charge in [0.15, 0.2) is 5.96 Å². The zero-order valence-electron chi connectivity index (χ0n) is 16.2. The largest absolute Gasteiger partial charge is 0.361 e. The molecule has 0 saturated carbocycles. The van der Waals surface area contributed by atoms with E-state index >= 15 is 0 Å². The maximum Gasteiger partial charge on any atom is 0.191 e. The summed E-state index contributed by atoms with van der Waals surface area (Å²) in [5, 5.41) is 7.60. The molecule has 0 spiro atoms. The highest BCUT2D eigenvalue weighted by Crippen LogP contribution is 2.19. The van der Waals surface area contributed by atoms with Crippen molar-refractivity contribution in [2.75, 3.05) is 13.6 Å². The monoisotopic (exact) mass is 390 g/mol. The van der Waals surface area contributed by atoms with Crippen molar-refractivity contribution in [2.24, 2.45) is 4.99 Å². The first-order valence-corrected chi connectivity index (χ1v) is 9.51. The molecule has 0 saturated heterocycles. The molecule has 0 aliphatic carbocycles. The minimum atomic E-state index is -0.222. The maximum absolute atomic E-state index is 13.5. The Morgan fingerprint density at radius 2 is 2.07 bits per heavy atom. The van der Waals surface area contributed by atoms with Gasteiger partial charge in [0.2, 0.25) is 0 Å². The van der Waals surface area contributed by atoms with E-state index < -0.39 is 0 Å². The molecule has 148 valence electrons. The van der Waals surface area contributed by atoms with E-state index in [-0.39, 0.29) is 5.82 Å². The molecule has 29 heavy (non-hydrogen) atoms. The number of hydrogen-bond donors (Lipinski definition) is 3. The molecule has 0 aliphatic rings. The molecule has 0 aliphatic heterocycles. The van der Waals surface area contributed by atoms with E-state index in [9.17, 15) is 4.39 Å². The maximum atomic E-state index is 13.5. The lowest BCUT2D eigenvalue weighted by molar-refractivity contribution is 0.629. The number of benzene rings is 2. The topological polar surface area (TPSA) is 70.0 Å². The van der Waals surface area contributed by atoms with Crippen molar-refractivity contribution in [3.8, 4) is 5.69 Å². The number of halogens is 1. The molecule has 2 aromatic carbocycles. The molecule has 3 N–H and O–H groups in total. The van der Waals surface area contributed by atoms with E-state index in [0.29, 0.717) is 13.1 Å². The van der Waals surface area contributed by atoms with Crippen LogP contribution in [-0.2, 0) is 13.0 Å². The zero-order valence-corrected chi connectivity index (χ0v) is 16.2. The number of aromatic nitrogens is 3. The molecule has 4 rings (SSSR count). The van der Waals surface area contributed by atoms with Crippen LogP contribution in [-0.4, -0.2) is 34.1 Å². The van der Waals surface area contributed by atoms with Crippen molar-refractivity contribution in [3.05, 3.63) is 84.3 Å². The van der Waals surface area contributed by atoms with Crippen molar-refractivity contribution < 1.29 is 4.39 Å². The minimum Gasteiger partial charge on any atom is -0.361 e. The fraction of sp³-hybridized carbons (Fsp3) is 0.182. The number of para-hydroxylation sites is 1. The summed E-state index contributed by atoms with van der Waals surface area (Å²) >= 11 is 0. The van der Waals surface area contributed by atoms with Gasteiger partial charge in [-0.15, -0.1) is 0 Å². The molecule has 2 aromatic heterocycles. The van der Waals surface area contributed by atoms with Crippen molar-refractivity contribution >= 4 is 16.9 Å². The van der Waals surface area contributed by atoms with Crippen LogP contribution in [0.3, 0.4) is 0 Å². The van der Waals surface area contributed by atoms with Gasteiger partial charge in [-0.25, -0.2) is 9.37 Å². The fourth-order valence-electron chi connectivity index (χ4n) is 3.39. The minimum absolute atomic E-state index is 0.222. The molecule has 0 atom stereocenters. The Morgan fingerprint density at radius 3 is 2.90 bits per heavy atom. The van der Waals surface area contributed by atoms with E-state index in [0.717, 1.165) is 40.1 Å². The van der Waals surface area contributed by atoms with E-state index in [1.807, 2.05) is 29.1 Å². The number of aromatic amines is 1. The number of imidazole rings is 1. The van der Waals surface area contributed by atoms with Crippen LogP contribution in [0.4, 0.5) is 4.39 Å². The van der Waals surface area contributed by atoms with E-state index in [2.05, 4.69) is 37.7 Å². The van der Waals surface area contributed by atoms with Crippen molar-refractivity contribution in [1.82, 2.24) is 25.2 Å². The molecule has 6 nitrogen and oxygen atoms in total. The number of aliphatic imine (C=N–C) groups is 1. The Hall–Kier alpha value is -3.61.